The third kappa shape index (κ3) is 4.39. The van der Waals surface area contributed by atoms with Gasteiger partial charge in [0, 0.05) is 23.5 Å². The number of hydrogen-bond acceptors (Lipinski definition) is 5. The molecule has 4 aromatic rings. The lowest BCUT2D eigenvalue weighted by molar-refractivity contribution is -0.118. The first kappa shape index (κ1) is 19.4. The number of nitrogens with zero attached hydrogens (tertiary/aromatic N) is 3. The van der Waals surface area contributed by atoms with E-state index in [-0.39, 0.29) is 12.3 Å². The Bertz CT molecular complexity index is 1150. The van der Waals surface area contributed by atoms with Crippen LogP contribution >= 0.6 is 22.9 Å². The van der Waals surface area contributed by atoms with Gasteiger partial charge in [-0.1, -0.05) is 47.2 Å². The first-order chi connectivity index (χ1) is 14.1. The molecule has 5 nitrogen and oxygen atoms in total. The van der Waals surface area contributed by atoms with Gasteiger partial charge in [0.25, 0.3) is 0 Å². The summed E-state index contributed by atoms with van der Waals surface area (Å²) in [6.07, 6.45) is 3.66. The second kappa shape index (κ2) is 8.59. The van der Waals surface area contributed by atoms with Crippen LogP contribution in [-0.4, -0.2) is 23.0 Å². The van der Waals surface area contributed by atoms with E-state index in [9.17, 15) is 4.79 Å². The second-order valence-corrected chi connectivity index (χ2v) is 7.86. The lowest BCUT2D eigenvalue weighted by atomic mass is 10.1. The standard InChI is InChI=1S/C22H18ClN3O2S/c1-28-17-8-9-20-19(12-17)25-22(29-20)26(14-15-5-4-10-24-13-15)21(27)11-16-6-2-3-7-18(16)23/h2-10,12-13H,11,14H2,1H3. The lowest BCUT2D eigenvalue weighted by Gasteiger charge is -2.20. The maximum atomic E-state index is 13.3. The number of fused-ring (bicyclic) bond motifs is 1. The molecule has 7 heteroatoms. The van der Waals surface area contributed by atoms with Crippen molar-refractivity contribution in [1.82, 2.24) is 9.97 Å². The van der Waals surface area contributed by atoms with Gasteiger partial charge in [-0.2, -0.15) is 0 Å². The molecular formula is C22H18ClN3O2S. The number of benzene rings is 2. The number of aromatic nitrogens is 2. The highest BCUT2D eigenvalue weighted by Crippen LogP contribution is 2.32. The quantitative estimate of drug-likeness (QED) is 0.431. The Hall–Kier alpha value is -2.96. The topological polar surface area (TPSA) is 55.3 Å². The Morgan fingerprint density at radius 3 is 2.79 bits per heavy atom. The summed E-state index contributed by atoms with van der Waals surface area (Å²) in [6, 6.07) is 16.9. The minimum Gasteiger partial charge on any atom is -0.497 e. The molecule has 0 N–H and O–H groups in total. The molecule has 0 bridgehead atoms. The Kier molecular flexibility index (Phi) is 5.74. The van der Waals surface area contributed by atoms with Gasteiger partial charge in [-0.25, -0.2) is 4.98 Å². The van der Waals surface area contributed by atoms with Crippen molar-refractivity contribution in [3.8, 4) is 5.75 Å². The van der Waals surface area contributed by atoms with Gasteiger partial charge in [0.1, 0.15) is 5.75 Å². The molecule has 4 rings (SSSR count). The summed E-state index contributed by atoms with van der Waals surface area (Å²) in [6.45, 7) is 0.383. The number of carbonyl (C=O) groups excluding carboxylic acids is 1. The first-order valence-electron chi connectivity index (χ1n) is 9.01. The molecule has 0 aliphatic heterocycles. The van der Waals surface area contributed by atoms with Gasteiger partial charge >= 0.3 is 0 Å². The fourth-order valence-electron chi connectivity index (χ4n) is 2.97. The van der Waals surface area contributed by atoms with Crippen molar-refractivity contribution in [2.24, 2.45) is 0 Å². The van der Waals surface area contributed by atoms with Gasteiger partial charge in [-0.3, -0.25) is 14.7 Å². The van der Waals surface area contributed by atoms with Crippen molar-refractivity contribution >= 4 is 44.2 Å². The molecule has 0 saturated heterocycles. The number of halogens is 1. The van der Waals surface area contributed by atoms with E-state index in [2.05, 4.69) is 4.98 Å². The molecule has 1 amide bonds. The van der Waals surface area contributed by atoms with E-state index < -0.39 is 0 Å². The zero-order chi connectivity index (χ0) is 20.2. The van der Waals surface area contributed by atoms with Crippen molar-refractivity contribution in [3.05, 3.63) is 83.1 Å². The van der Waals surface area contributed by atoms with Gasteiger partial charge in [-0.05, 0) is 35.4 Å². The summed E-state index contributed by atoms with van der Waals surface area (Å²) >= 11 is 7.74. The van der Waals surface area contributed by atoms with E-state index in [1.165, 1.54) is 11.3 Å². The van der Waals surface area contributed by atoms with E-state index in [1.807, 2.05) is 48.5 Å². The minimum atomic E-state index is -0.0759. The number of hydrogen-bond donors (Lipinski definition) is 0. The van der Waals surface area contributed by atoms with Crippen molar-refractivity contribution in [3.63, 3.8) is 0 Å². The molecule has 2 heterocycles. The number of rotatable bonds is 6. The smallest absolute Gasteiger partial charge is 0.233 e. The van der Waals surface area contributed by atoms with Gasteiger partial charge in [0.15, 0.2) is 5.13 Å². The van der Waals surface area contributed by atoms with Crippen LogP contribution in [0.5, 0.6) is 5.75 Å². The summed E-state index contributed by atoms with van der Waals surface area (Å²) in [5.41, 5.74) is 2.51. The van der Waals surface area contributed by atoms with Crippen molar-refractivity contribution in [2.75, 3.05) is 12.0 Å². The molecule has 0 unspecified atom stereocenters. The van der Waals surface area contributed by atoms with Crippen molar-refractivity contribution in [2.45, 2.75) is 13.0 Å². The molecule has 0 atom stereocenters. The number of anilines is 1. The monoisotopic (exact) mass is 423 g/mol. The average Bonchev–Trinajstić information content (AvgIpc) is 3.17. The number of pyridine rings is 1. The van der Waals surface area contributed by atoms with Crippen LogP contribution in [0.25, 0.3) is 10.2 Å². The Balaban J connectivity index is 1.70. The SMILES string of the molecule is COc1ccc2sc(N(Cc3cccnc3)C(=O)Cc3ccccc3Cl)nc2c1. The van der Waals surface area contributed by atoms with E-state index in [1.54, 1.807) is 30.5 Å². The molecule has 2 aromatic carbocycles. The summed E-state index contributed by atoms with van der Waals surface area (Å²) in [4.78, 5) is 23.8. The first-order valence-corrected chi connectivity index (χ1v) is 10.2. The van der Waals surface area contributed by atoms with Gasteiger partial charge in [0.05, 0.1) is 30.3 Å². The number of ether oxygens (including phenoxy) is 1. The van der Waals surface area contributed by atoms with E-state index >= 15 is 0 Å². The van der Waals surface area contributed by atoms with Gasteiger partial charge < -0.3 is 4.74 Å². The number of amides is 1. The predicted octanol–water partition coefficient (Wildman–Crippen LogP) is 5.13. The largest absolute Gasteiger partial charge is 0.497 e. The zero-order valence-corrected chi connectivity index (χ0v) is 17.3. The third-order valence-electron chi connectivity index (χ3n) is 4.48. The Morgan fingerprint density at radius 1 is 1.17 bits per heavy atom. The molecule has 2 aromatic heterocycles. The zero-order valence-electron chi connectivity index (χ0n) is 15.7. The van der Waals surface area contributed by atoms with Crippen LogP contribution in [0.15, 0.2) is 67.0 Å². The van der Waals surface area contributed by atoms with Crippen molar-refractivity contribution in [1.29, 1.82) is 0 Å². The van der Waals surface area contributed by atoms with E-state index in [0.717, 1.165) is 27.1 Å². The molecule has 0 fully saturated rings. The fraction of sp³-hybridized carbons (Fsp3) is 0.136. The molecule has 0 spiro atoms. The van der Waals surface area contributed by atoms with Gasteiger partial charge in [0.2, 0.25) is 5.91 Å². The summed E-state index contributed by atoms with van der Waals surface area (Å²) in [5, 5.41) is 1.21. The van der Waals surface area contributed by atoms with E-state index in [4.69, 9.17) is 21.3 Å². The van der Waals surface area contributed by atoms with Crippen LogP contribution in [-0.2, 0) is 17.8 Å². The average molecular weight is 424 g/mol. The molecule has 0 radical (unpaired) electrons. The fourth-order valence-corrected chi connectivity index (χ4v) is 4.14. The van der Waals surface area contributed by atoms with Gasteiger partial charge in [-0.15, -0.1) is 0 Å². The maximum Gasteiger partial charge on any atom is 0.233 e. The van der Waals surface area contributed by atoms with Crippen LogP contribution in [0, 0.1) is 0 Å². The maximum absolute atomic E-state index is 13.3. The van der Waals surface area contributed by atoms with E-state index in [0.29, 0.717) is 16.7 Å². The molecule has 29 heavy (non-hydrogen) atoms. The predicted molar refractivity (Wildman–Crippen MR) is 117 cm³/mol. The van der Waals surface area contributed by atoms with Crippen molar-refractivity contribution < 1.29 is 9.53 Å². The van der Waals surface area contributed by atoms with Crippen LogP contribution in [0.3, 0.4) is 0 Å². The summed E-state index contributed by atoms with van der Waals surface area (Å²) in [5.74, 6) is 0.656. The lowest BCUT2D eigenvalue weighted by Crippen LogP contribution is -2.31. The highest BCUT2D eigenvalue weighted by atomic mass is 35.5. The number of thiazole rings is 1. The highest BCUT2D eigenvalue weighted by molar-refractivity contribution is 7.22. The Labute approximate surface area is 177 Å². The molecule has 146 valence electrons. The molecule has 0 saturated carbocycles. The Morgan fingerprint density at radius 2 is 2.03 bits per heavy atom. The molecular weight excluding hydrogens is 406 g/mol. The minimum absolute atomic E-state index is 0.0759. The second-order valence-electron chi connectivity index (χ2n) is 6.44. The summed E-state index contributed by atoms with van der Waals surface area (Å²) < 4.78 is 6.28. The number of methoxy groups -OCH3 is 1. The molecule has 0 aliphatic rings. The van der Waals surface area contributed by atoms with Crippen LogP contribution in [0.2, 0.25) is 5.02 Å². The summed E-state index contributed by atoms with van der Waals surface area (Å²) in [7, 11) is 1.62. The third-order valence-corrected chi connectivity index (χ3v) is 5.91. The van der Waals surface area contributed by atoms with Crippen LogP contribution in [0.4, 0.5) is 5.13 Å². The van der Waals surface area contributed by atoms with Crippen LogP contribution in [0.1, 0.15) is 11.1 Å². The molecule has 0 aliphatic carbocycles. The number of carbonyl (C=O) groups is 1. The normalized spacial score (nSPS) is 10.8. The van der Waals surface area contributed by atoms with Crippen LogP contribution < -0.4 is 9.64 Å². The highest BCUT2D eigenvalue weighted by Gasteiger charge is 2.21.